The number of β-amino-alcohol motifs (C(OH)–C–C–N with tert-alkyl or cyclic N) is 1. The first-order chi connectivity index (χ1) is 10.4. The first-order valence-corrected chi connectivity index (χ1v) is 8.47. The van der Waals surface area contributed by atoms with Gasteiger partial charge in [0, 0.05) is 19.0 Å². The second-order valence-corrected chi connectivity index (χ2v) is 7.10. The van der Waals surface area contributed by atoms with Crippen molar-refractivity contribution >= 4 is 0 Å². The highest BCUT2D eigenvalue weighted by Gasteiger charge is 2.21. The Labute approximate surface area is 134 Å². The third kappa shape index (κ3) is 5.38. The zero-order valence-corrected chi connectivity index (χ0v) is 14.5. The summed E-state index contributed by atoms with van der Waals surface area (Å²) in [4.78, 5) is 9.05. The molecule has 5 heteroatoms. The molecule has 0 radical (unpaired) electrons. The third-order valence-corrected chi connectivity index (χ3v) is 4.35. The Morgan fingerprint density at radius 3 is 2.59 bits per heavy atom. The van der Waals surface area contributed by atoms with Crippen LogP contribution in [-0.2, 0) is 6.54 Å². The number of aromatic nitrogens is 1. The largest absolute Gasteiger partial charge is 0.444 e. The Balaban J connectivity index is 1.72. The Hall–Kier alpha value is -0.910. The number of nitrogens with zero attached hydrogens (tertiary/aromatic N) is 3. The molecule has 0 bridgehead atoms. The third-order valence-electron chi connectivity index (χ3n) is 4.35. The van der Waals surface area contributed by atoms with Gasteiger partial charge in [-0.1, -0.05) is 13.8 Å². The van der Waals surface area contributed by atoms with E-state index in [4.69, 9.17) is 4.42 Å². The van der Waals surface area contributed by atoms with E-state index in [-0.39, 0.29) is 6.10 Å². The number of aliphatic hydroxyl groups excluding tert-OH is 1. The molecule has 1 N–H and O–H groups in total. The van der Waals surface area contributed by atoms with Crippen molar-refractivity contribution in [3.05, 3.63) is 17.8 Å². The van der Waals surface area contributed by atoms with Crippen molar-refractivity contribution in [2.75, 3.05) is 33.2 Å². The van der Waals surface area contributed by atoms with Gasteiger partial charge in [-0.25, -0.2) is 4.98 Å². The molecule has 1 saturated heterocycles. The molecule has 1 aromatic heterocycles. The van der Waals surface area contributed by atoms with E-state index in [1.165, 1.54) is 12.8 Å². The highest BCUT2D eigenvalue weighted by Crippen LogP contribution is 2.20. The molecule has 2 heterocycles. The van der Waals surface area contributed by atoms with Gasteiger partial charge in [0.25, 0.3) is 0 Å². The summed E-state index contributed by atoms with van der Waals surface area (Å²) in [6.45, 7) is 11.0. The summed E-state index contributed by atoms with van der Waals surface area (Å²) in [5, 5.41) is 9.45. The summed E-state index contributed by atoms with van der Waals surface area (Å²) < 4.78 is 5.78. The predicted molar refractivity (Wildman–Crippen MR) is 87.8 cm³/mol. The van der Waals surface area contributed by atoms with Crippen LogP contribution in [0.5, 0.6) is 0 Å². The van der Waals surface area contributed by atoms with E-state index in [0.29, 0.717) is 5.92 Å². The summed E-state index contributed by atoms with van der Waals surface area (Å²) in [6.07, 6.45) is 4.04. The van der Waals surface area contributed by atoms with Gasteiger partial charge in [-0.15, -0.1) is 0 Å². The van der Waals surface area contributed by atoms with Crippen molar-refractivity contribution in [1.82, 2.24) is 14.8 Å². The van der Waals surface area contributed by atoms with Crippen LogP contribution in [0.4, 0.5) is 0 Å². The lowest BCUT2D eigenvalue weighted by Gasteiger charge is -2.34. The first kappa shape index (κ1) is 17.4. The maximum Gasteiger partial charge on any atom is 0.208 e. The fourth-order valence-corrected chi connectivity index (χ4v) is 3.13. The molecule has 0 spiro atoms. The van der Waals surface area contributed by atoms with Crippen molar-refractivity contribution in [3.8, 4) is 0 Å². The van der Waals surface area contributed by atoms with Crippen LogP contribution in [0, 0.1) is 5.92 Å². The van der Waals surface area contributed by atoms with E-state index >= 15 is 0 Å². The molecule has 1 fully saturated rings. The van der Waals surface area contributed by atoms with E-state index < -0.39 is 0 Å². The topological polar surface area (TPSA) is 52.7 Å². The molecular formula is C17H31N3O2. The minimum atomic E-state index is -0.223. The molecular weight excluding hydrogens is 278 g/mol. The van der Waals surface area contributed by atoms with E-state index in [1.54, 1.807) is 0 Å². The van der Waals surface area contributed by atoms with Crippen LogP contribution in [0.2, 0.25) is 0 Å². The molecule has 1 unspecified atom stereocenters. The molecule has 5 nitrogen and oxygen atoms in total. The van der Waals surface area contributed by atoms with E-state index in [9.17, 15) is 5.11 Å². The van der Waals surface area contributed by atoms with Gasteiger partial charge >= 0.3 is 0 Å². The average Bonchev–Trinajstić information content (AvgIpc) is 2.89. The van der Waals surface area contributed by atoms with Gasteiger partial charge < -0.3 is 14.4 Å². The first-order valence-electron chi connectivity index (χ1n) is 8.47. The fraction of sp³-hybridized carbons (Fsp3) is 0.824. The summed E-state index contributed by atoms with van der Waals surface area (Å²) in [6, 6.07) is 0. The zero-order valence-electron chi connectivity index (χ0n) is 14.5. The van der Waals surface area contributed by atoms with E-state index in [0.717, 1.165) is 50.3 Å². The van der Waals surface area contributed by atoms with Gasteiger partial charge in [-0.3, -0.25) is 4.90 Å². The smallest absolute Gasteiger partial charge is 0.208 e. The summed E-state index contributed by atoms with van der Waals surface area (Å²) in [5.74, 6) is 2.91. The van der Waals surface area contributed by atoms with Crippen LogP contribution in [0.3, 0.4) is 0 Å². The van der Waals surface area contributed by atoms with Crippen molar-refractivity contribution < 1.29 is 9.52 Å². The predicted octanol–water partition coefficient (Wildman–Crippen LogP) is 2.32. The van der Waals surface area contributed by atoms with Gasteiger partial charge in [0.2, 0.25) is 5.89 Å². The maximum absolute atomic E-state index is 9.45. The monoisotopic (exact) mass is 309 g/mol. The van der Waals surface area contributed by atoms with Crippen LogP contribution in [-0.4, -0.2) is 59.2 Å². The summed E-state index contributed by atoms with van der Waals surface area (Å²) in [5.41, 5.74) is 0. The molecule has 1 atom stereocenters. The standard InChI is InChI=1S/C17H31N3O2/c1-13(2)16-9-18-17(22-16)12-19(4)11-15-5-7-20(8-6-15)10-14(3)21/h9,13-15,21H,5-8,10-12H2,1-4H3. The molecule has 22 heavy (non-hydrogen) atoms. The highest BCUT2D eigenvalue weighted by atomic mass is 16.4. The Bertz CT molecular complexity index is 437. The van der Waals surface area contributed by atoms with Crippen molar-refractivity contribution in [2.45, 2.75) is 52.2 Å². The molecule has 1 aliphatic heterocycles. The normalized spacial score (nSPS) is 19.2. The minimum Gasteiger partial charge on any atom is -0.444 e. The second-order valence-electron chi connectivity index (χ2n) is 7.10. The Kier molecular flexibility index (Phi) is 6.41. The molecule has 1 aliphatic rings. The van der Waals surface area contributed by atoms with Crippen molar-refractivity contribution in [3.63, 3.8) is 0 Å². The van der Waals surface area contributed by atoms with Crippen molar-refractivity contribution in [1.29, 1.82) is 0 Å². The van der Waals surface area contributed by atoms with Gasteiger partial charge in [0.1, 0.15) is 5.76 Å². The van der Waals surface area contributed by atoms with Gasteiger partial charge in [-0.2, -0.15) is 0 Å². The molecule has 2 rings (SSSR count). The fourth-order valence-electron chi connectivity index (χ4n) is 3.13. The van der Waals surface area contributed by atoms with E-state index in [2.05, 4.69) is 35.7 Å². The zero-order chi connectivity index (χ0) is 16.1. The number of hydrogen-bond donors (Lipinski definition) is 1. The number of rotatable bonds is 7. The lowest BCUT2D eigenvalue weighted by atomic mass is 9.96. The maximum atomic E-state index is 9.45. The van der Waals surface area contributed by atoms with Crippen LogP contribution >= 0.6 is 0 Å². The molecule has 126 valence electrons. The lowest BCUT2D eigenvalue weighted by molar-refractivity contribution is 0.0910. The summed E-state index contributed by atoms with van der Waals surface area (Å²) in [7, 11) is 2.14. The van der Waals surface area contributed by atoms with Crippen LogP contribution < -0.4 is 0 Å². The van der Waals surface area contributed by atoms with Gasteiger partial charge in [-0.05, 0) is 45.8 Å². The Morgan fingerprint density at radius 2 is 2.05 bits per heavy atom. The highest BCUT2D eigenvalue weighted by molar-refractivity contribution is 4.98. The molecule has 0 aromatic carbocycles. The average molecular weight is 309 g/mol. The summed E-state index contributed by atoms with van der Waals surface area (Å²) >= 11 is 0. The van der Waals surface area contributed by atoms with Crippen molar-refractivity contribution in [2.24, 2.45) is 5.92 Å². The number of likely N-dealkylation sites (tertiary alicyclic amines) is 1. The minimum absolute atomic E-state index is 0.223. The SMILES string of the molecule is CC(O)CN1CCC(CN(C)Cc2ncc(C(C)C)o2)CC1. The van der Waals surface area contributed by atoms with Gasteiger partial charge in [0.15, 0.2) is 0 Å². The molecule has 0 saturated carbocycles. The number of aliphatic hydroxyl groups is 1. The Morgan fingerprint density at radius 1 is 1.36 bits per heavy atom. The quantitative estimate of drug-likeness (QED) is 0.838. The number of oxazole rings is 1. The second kappa shape index (κ2) is 8.09. The van der Waals surface area contributed by atoms with Crippen LogP contribution in [0.25, 0.3) is 0 Å². The molecule has 1 aromatic rings. The van der Waals surface area contributed by atoms with Crippen LogP contribution in [0.15, 0.2) is 10.6 Å². The van der Waals surface area contributed by atoms with E-state index in [1.807, 2.05) is 13.1 Å². The molecule has 0 aliphatic carbocycles. The lowest BCUT2D eigenvalue weighted by Crippen LogP contribution is -2.40. The number of piperidine rings is 1. The number of hydrogen-bond acceptors (Lipinski definition) is 5. The van der Waals surface area contributed by atoms with Crippen LogP contribution in [0.1, 0.15) is 51.2 Å². The van der Waals surface area contributed by atoms with Gasteiger partial charge in [0.05, 0.1) is 18.8 Å². The molecule has 0 amide bonds.